The highest BCUT2D eigenvalue weighted by molar-refractivity contribution is 6.46. The van der Waals surface area contributed by atoms with E-state index in [1.54, 1.807) is 0 Å². The molecular weight excluding hydrogens is 357 g/mol. The molecule has 0 amide bonds. The van der Waals surface area contributed by atoms with E-state index in [4.69, 9.17) is 46.4 Å². The van der Waals surface area contributed by atoms with Crippen LogP contribution in [0.3, 0.4) is 0 Å². The third kappa shape index (κ3) is 2.98. The molecule has 1 aromatic carbocycles. The Morgan fingerprint density at radius 2 is 1.35 bits per heavy atom. The highest BCUT2D eigenvalue weighted by Gasteiger charge is 2.35. The van der Waals surface area contributed by atoms with Crippen molar-refractivity contribution in [2.45, 2.75) is 6.18 Å². The van der Waals surface area contributed by atoms with Gasteiger partial charge in [0.1, 0.15) is 0 Å². The maximum atomic E-state index is 12.8. The Morgan fingerprint density at radius 1 is 0.800 bits per heavy atom. The first-order chi connectivity index (χ1) is 9.21. The fourth-order valence-corrected chi connectivity index (χ4v) is 2.48. The zero-order valence-electron chi connectivity index (χ0n) is 9.40. The third-order valence-electron chi connectivity index (χ3n) is 2.41. The van der Waals surface area contributed by atoms with Gasteiger partial charge in [0.05, 0.1) is 25.8 Å². The van der Waals surface area contributed by atoms with Gasteiger partial charge < -0.3 is 0 Å². The molecule has 0 atom stereocenters. The van der Waals surface area contributed by atoms with Crippen LogP contribution in [0, 0.1) is 0 Å². The van der Waals surface area contributed by atoms with E-state index < -0.39 is 16.9 Å². The first kappa shape index (κ1) is 15.7. The van der Waals surface area contributed by atoms with Crippen molar-refractivity contribution in [1.82, 2.24) is 4.98 Å². The molecule has 0 bridgehead atoms. The molecule has 2 rings (SSSR count). The lowest BCUT2D eigenvalue weighted by Gasteiger charge is -2.12. The number of alkyl halides is 3. The van der Waals surface area contributed by atoms with Crippen LogP contribution >= 0.6 is 46.4 Å². The van der Waals surface area contributed by atoms with Crippen LogP contribution in [0.1, 0.15) is 5.69 Å². The predicted molar refractivity (Wildman–Crippen MR) is 74.7 cm³/mol. The number of benzene rings is 1. The highest BCUT2D eigenvalue weighted by atomic mass is 35.5. The summed E-state index contributed by atoms with van der Waals surface area (Å²) >= 11 is 23.2. The van der Waals surface area contributed by atoms with Gasteiger partial charge in [0.2, 0.25) is 0 Å². The second-order valence-electron chi connectivity index (χ2n) is 3.74. The zero-order valence-corrected chi connectivity index (χ0v) is 12.4. The number of hydrogen-bond donors (Lipinski definition) is 0. The summed E-state index contributed by atoms with van der Waals surface area (Å²) in [4.78, 5) is 3.49. The van der Waals surface area contributed by atoms with E-state index in [0.29, 0.717) is 0 Å². The van der Waals surface area contributed by atoms with Crippen molar-refractivity contribution < 1.29 is 13.2 Å². The number of hydrogen-bond acceptors (Lipinski definition) is 1. The Kier molecular flexibility index (Phi) is 4.40. The topological polar surface area (TPSA) is 12.9 Å². The summed E-state index contributed by atoms with van der Waals surface area (Å²) < 4.78 is 38.4. The SMILES string of the molecule is FC(F)(F)c1nc(-c2c(Cl)ccc(Cl)c2Cl)ccc1Cl. The molecule has 0 unspecified atom stereocenters. The summed E-state index contributed by atoms with van der Waals surface area (Å²) in [5, 5.41) is -0.170. The van der Waals surface area contributed by atoms with Gasteiger partial charge in [-0.15, -0.1) is 0 Å². The van der Waals surface area contributed by atoms with Crippen LogP contribution < -0.4 is 0 Å². The maximum Gasteiger partial charge on any atom is 0.434 e. The fourth-order valence-electron chi connectivity index (χ4n) is 1.54. The molecular formula is C12H4Cl4F3N. The van der Waals surface area contributed by atoms with E-state index in [-0.39, 0.29) is 26.3 Å². The van der Waals surface area contributed by atoms with Gasteiger partial charge in [-0.3, -0.25) is 0 Å². The minimum absolute atomic E-state index is 0.0297. The summed E-state index contributed by atoms with van der Waals surface area (Å²) in [6, 6.07) is 5.24. The number of nitrogens with zero attached hydrogens (tertiary/aromatic N) is 1. The van der Waals surface area contributed by atoms with Crippen LogP contribution in [-0.4, -0.2) is 4.98 Å². The molecule has 0 N–H and O–H groups in total. The molecule has 0 fully saturated rings. The monoisotopic (exact) mass is 359 g/mol. The molecule has 0 saturated heterocycles. The summed E-state index contributed by atoms with van der Waals surface area (Å²) in [7, 11) is 0. The first-order valence-corrected chi connectivity index (χ1v) is 6.60. The van der Waals surface area contributed by atoms with E-state index in [1.807, 2.05) is 0 Å². The van der Waals surface area contributed by atoms with E-state index in [1.165, 1.54) is 18.2 Å². The Balaban J connectivity index is 2.69. The van der Waals surface area contributed by atoms with Gasteiger partial charge in [0, 0.05) is 5.56 Å². The Bertz CT molecular complexity index is 670. The van der Waals surface area contributed by atoms with Gasteiger partial charge in [0.15, 0.2) is 5.69 Å². The van der Waals surface area contributed by atoms with Crippen molar-refractivity contribution in [3.63, 3.8) is 0 Å². The van der Waals surface area contributed by atoms with Crippen molar-refractivity contribution in [3.8, 4) is 11.3 Å². The summed E-state index contributed by atoms with van der Waals surface area (Å²) in [6.07, 6.45) is -4.68. The van der Waals surface area contributed by atoms with Crippen molar-refractivity contribution in [2.75, 3.05) is 0 Å². The third-order valence-corrected chi connectivity index (χ3v) is 3.84. The van der Waals surface area contributed by atoms with Gasteiger partial charge in [-0.25, -0.2) is 4.98 Å². The Hall–Kier alpha value is -0.680. The van der Waals surface area contributed by atoms with E-state index in [9.17, 15) is 13.2 Å². The van der Waals surface area contributed by atoms with Crippen molar-refractivity contribution in [2.24, 2.45) is 0 Å². The van der Waals surface area contributed by atoms with Gasteiger partial charge in [-0.2, -0.15) is 13.2 Å². The van der Waals surface area contributed by atoms with E-state index >= 15 is 0 Å². The minimum atomic E-state index is -4.68. The Labute approximate surface area is 132 Å². The molecule has 0 aliphatic rings. The lowest BCUT2D eigenvalue weighted by Crippen LogP contribution is -2.09. The number of rotatable bonds is 1. The predicted octanol–water partition coefficient (Wildman–Crippen LogP) is 6.38. The minimum Gasteiger partial charge on any atom is -0.242 e. The maximum absolute atomic E-state index is 12.8. The first-order valence-electron chi connectivity index (χ1n) is 5.09. The summed E-state index contributed by atoms with van der Waals surface area (Å²) in [5.41, 5.74) is -1.13. The zero-order chi connectivity index (χ0) is 15.1. The molecule has 8 heteroatoms. The molecule has 20 heavy (non-hydrogen) atoms. The van der Waals surface area contributed by atoms with Gasteiger partial charge in [0.25, 0.3) is 0 Å². The molecule has 0 spiro atoms. The number of halogens is 7. The fraction of sp³-hybridized carbons (Fsp3) is 0.0833. The summed E-state index contributed by atoms with van der Waals surface area (Å²) in [6.45, 7) is 0. The molecule has 0 aliphatic carbocycles. The van der Waals surface area contributed by atoms with Crippen LogP contribution in [-0.2, 0) is 6.18 Å². The molecule has 1 heterocycles. The number of pyridine rings is 1. The van der Waals surface area contributed by atoms with E-state index in [2.05, 4.69) is 4.98 Å². The Morgan fingerprint density at radius 3 is 1.95 bits per heavy atom. The average molecular weight is 361 g/mol. The van der Waals surface area contributed by atoms with Crippen molar-refractivity contribution in [1.29, 1.82) is 0 Å². The molecule has 1 aromatic heterocycles. The van der Waals surface area contributed by atoms with Crippen LogP contribution in [0.25, 0.3) is 11.3 Å². The number of aromatic nitrogens is 1. The molecule has 0 saturated carbocycles. The molecule has 0 radical (unpaired) electrons. The standard InChI is InChI=1S/C12H4Cl4F3N/c13-5-1-2-6(14)10(16)9(5)8-4-3-7(15)11(20-8)12(17,18)19/h1-4H. The van der Waals surface area contributed by atoms with Gasteiger partial charge in [-0.05, 0) is 24.3 Å². The lowest BCUT2D eigenvalue weighted by molar-refractivity contribution is -0.141. The second-order valence-corrected chi connectivity index (χ2v) is 5.34. The highest BCUT2D eigenvalue weighted by Crippen LogP contribution is 2.40. The van der Waals surface area contributed by atoms with Crippen LogP contribution in [0.4, 0.5) is 13.2 Å². The normalized spacial score (nSPS) is 11.8. The molecule has 106 valence electrons. The largest absolute Gasteiger partial charge is 0.434 e. The molecule has 2 aromatic rings. The molecule has 1 nitrogen and oxygen atoms in total. The van der Waals surface area contributed by atoms with Gasteiger partial charge in [-0.1, -0.05) is 46.4 Å². The van der Waals surface area contributed by atoms with Crippen LogP contribution in [0.2, 0.25) is 20.1 Å². The van der Waals surface area contributed by atoms with Crippen molar-refractivity contribution in [3.05, 3.63) is 50.0 Å². The molecule has 0 aliphatic heterocycles. The summed E-state index contributed by atoms with van der Waals surface area (Å²) in [5.74, 6) is 0. The lowest BCUT2D eigenvalue weighted by atomic mass is 10.1. The average Bonchev–Trinajstić information content (AvgIpc) is 2.35. The second kappa shape index (κ2) is 5.60. The van der Waals surface area contributed by atoms with Crippen LogP contribution in [0.15, 0.2) is 24.3 Å². The van der Waals surface area contributed by atoms with Crippen molar-refractivity contribution >= 4 is 46.4 Å². The van der Waals surface area contributed by atoms with Crippen LogP contribution in [0.5, 0.6) is 0 Å². The van der Waals surface area contributed by atoms with Gasteiger partial charge >= 0.3 is 6.18 Å². The van der Waals surface area contributed by atoms with E-state index in [0.717, 1.165) is 6.07 Å². The smallest absolute Gasteiger partial charge is 0.242 e. The quantitative estimate of drug-likeness (QED) is 0.537.